The molecule has 0 saturated heterocycles. The molecule has 0 unspecified atom stereocenters. The van der Waals surface area contributed by atoms with E-state index < -0.39 is 0 Å². The molecule has 0 aliphatic carbocycles. The highest BCUT2D eigenvalue weighted by Gasteiger charge is 2.17. The van der Waals surface area contributed by atoms with E-state index in [4.69, 9.17) is 28.6 Å². The Morgan fingerprint density at radius 2 is 2.11 bits per heavy atom. The van der Waals surface area contributed by atoms with Crippen molar-refractivity contribution >= 4 is 23.8 Å². The minimum absolute atomic E-state index is 0.554. The first-order valence-electron chi connectivity index (χ1n) is 8.70. The van der Waals surface area contributed by atoms with Gasteiger partial charge in [-0.05, 0) is 42.0 Å². The first-order chi connectivity index (χ1) is 13.1. The van der Waals surface area contributed by atoms with E-state index in [0.29, 0.717) is 9.79 Å². The van der Waals surface area contributed by atoms with Crippen molar-refractivity contribution in [1.29, 1.82) is 0 Å². The molecule has 0 saturated carbocycles. The summed E-state index contributed by atoms with van der Waals surface area (Å²) in [6, 6.07) is 9.67. The number of fused-ring (bicyclic) bond motifs is 1. The fourth-order valence-corrected chi connectivity index (χ4v) is 3.70. The fraction of sp³-hybridized carbons (Fsp3) is 0.250. The molecular weight excluding hydrogens is 380 g/mol. The largest absolute Gasteiger partial charge is 0.496 e. The van der Waals surface area contributed by atoms with E-state index >= 15 is 0 Å². The Labute approximate surface area is 168 Å². The van der Waals surface area contributed by atoms with Crippen LogP contribution in [-0.2, 0) is 19.5 Å². The molecule has 0 radical (unpaired) electrons. The number of nitrogens with one attached hydrogen (secondary N) is 1. The second-order valence-electron chi connectivity index (χ2n) is 6.55. The molecule has 0 fully saturated rings. The first kappa shape index (κ1) is 18.1. The van der Waals surface area contributed by atoms with E-state index in [-0.39, 0.29) is 0 Å². The summed E-state index contributed by atoms with van der Waals surface area (Å²) in [6.45, 7) is 2.68. The van der Waals surface area contributed by atoms with Crippen LogP contribution in [0, 0.1) is 4.77 Å². The molecule has 1 aliphatic heterocycles. The van der Waals surface area contributed by atoms with Crippen LogP contribution in [0.4, 0.5) is 0 Å². The molecule has 138 valence electrons. The lowest BCUT2D eigenvalue weighted by molar-refractivity contribution is 0.242. The molecule has 1 aromatic carbocycles. The number of hydrogen-bond donors (Lipinski definition) is 1. The number of nitrogens with zero attached hydrogens (tertiary/aromatic N) is 3. The number of pyridine rings is 1. The van der Waals surface area contributed by atoms with Gasteiger partial charge in [-0.3, -0.25) is 9.88 Å². The SMILES string of the molecule is COc1ccc(Cl)cc1-c1ccc(CN2CCc3[nH]c(=S)ncc3C2)cn1. The molecule has 2 aromatic heterocycles. The topological polar surface area (TPSA) is 54.0 Å². The van der Waals surface area contributed by atoms with E-state index in [2.05, 4.69) is 25.9 Å². The van der Waals surface area contributed by atoms with Crippen LogP contribution in [0.2, 0.25) is 5.02 Å². The summed E-state index contributed by atoms with van der Waals surface area (Å²) < 4.78 is 5.98. The summed E-state index contributed by atoms with van der Waals surface area (Å²) in [5, 5.41) is 0.663. The number of hydrogen-bond acceptors (Lipinski definition) is 5. The zero-order valence-electron chi connectivity index (χ0n) is 14.9. The molecule has 0 spiro atoms. The van der Waals surface area contributed by atoms with Gasteiger partial charge in [0.2, 0.25) is 0 Å². The van der Waals surface area contributed by atoms with Crippen molar-refractivity contribution in [3.63, 3.8) is 0 Å². The van der Waals surface area contributed by atoms with Crippen molar-refractivity contribution in [3.05, 3.63) is 69.3 Å². The lowest BCUT2D eigenvalue weighted by Gasteiger charge is -2.28. The van der Waals surface area contributed by atoms with Crippen LogP contribution in [0.5, 0.6) is 5.75 Å². The Hall–Kier alpha value is -2.28. The Balaban J connectivity index is 1.50. The van der Waals surface area contributed by atoms with E-state index in [0.717, 1.165) is 43.1 Å². The predicted octanol–water partition coefficient (Wildman–Crippen LogP) is 4.42. The third-order valence-electron chi connectivity index (χ3n) is 4.72. The van der Waals surface area contributed by atoms with Gasteiger partial charge in [-0.2, -0.15) is 0 Å². The summed E-state index contributed by atoms with van der Waals surface area (Å²) in [5.74, 6) is 0.761. The Kier molecular flexibility index (Phi) is 5.20. The van der Waals surface area contributed by atoms with Crippen molar-refractivity contribution in [1.82, 2.24) is 19.9 Å². The minimum atomic E-state index is 0.554. The van der Waals surface area contributed by atoms with Crippen LogP contribution >= 0.6 is 23.8 Å². The molecule has 0 atom stereocenters. The fourth-order valence-electron chi connectivity index (χ4n) is 3.36. The zero-order valence-corrected chi connectivity index (χ0v) is 16.5. The Bertz CT molecular complexity index is 1020. The smallest absolute Gasteiger partial charge is 0.196 e. The van der Waals surface area contributed by atoms with E-state index in [9.17, 15) is 0 Å². The van der Waals surface area contributed by atoms with Crippen molar-refractivity contribution < 1.29 is 4.74 Å². The number of benzene rings is 1. The van der Waals surface area contributed by atoms with Crippen LogP contribution < -0.4 is 4.74 Å². The van der Waals surface area contributed by atoms with Gasteiger partial charge in [0.1, 0.15) is 5.75 Å². The zero-order chi connectivity index (χ0) is 18.8. The maximum absolute atomic E-state index is 6.13. The summed E-state index contributed by atoms with van der Waals surface area (Å²) in [5.41, 5.74) is 5.32. The summed E-state index contributed by atoms with van der Waals surface area (Å²) in [4.78, 5) is 14.4. The van der Waals surface area contributed by atoms with Gasteiger partial charge in [0.15, 0.2) is 4.77 Å². The molecule has 0 bridgehead atoms. The number of aromatic nitrogens is 3. The second kappa shape index (κ2) is 7.76. The molecule has 27 heavy (non-hydrogen) atoms. The van der Waals surface area contributed by atoms with E-state index in [1.807, 2.05) is 36.7 Å². The van der Waals surface area contributed by atoms with Gasteiger partial charge in [-0.15, -0.1) is 0 Å². The molecule has 5 nitrogen and oxygen atoms in total. The van der Waals surface area contributed by atoms with Crippen LogP contribution in [0.25, 0.3) is 11.3 Å². The highest BCUT2D eigenvalue weighted by Crippen LogP contribution is 2.31. The van der Waals surface area contributed by atoms with Crippen LogP contribution in [0.1, 0.15) is 16.8 Å². The summed E-state index contributed by atoms with van der Waals surface area (Å²) >= 11 is 11.2. The third kappa shape index (κ3) is 4.03. The minimum Gasteiger partial charge on any atom is -0.496 e. The lowest BCUT2D eigenvalue weighted by Crippen LogP contribution is -2.30. The van der Waals surface area contributed by atoms with Gasteiger partial charge < -0.3 is 9.72 Å². The third-order valence-corrected chi connectivity index (χ3v) is 5.17. The quantitative estimate of drug-likeness (QED) is 0.659. The van der Waals surface area contributed by atoms with Crippen LogP contribution in [0.15, 0.2) is 42.7 Å². The van der Waals surface area contributed by atoms with Crippen molar-refractivity contribution in [3.8, 4) is 17.0 Å². The van der Waals surface area contributed by atoms with Crippen molar-refractivity contribution in [2.75, 3.05) is 13.7 Å². The molecular formula is C20H19ClN4OS. The predicted molar refractivity (Wildman–Crippen MR) is 108 cm³/mol. The number of ether oxygens (including phenoxy) is 1. The standard InChI is InChI=1S/C20H19ClN4OS/c1-26-19-5-3-15(21)8-16(19)18-4-2-13(9-22-18)11-25-7-6-17-14(12-25)10-23-20(27)24-17/h2-5,8-10H,6-7,11-12H2,1H3,(H,23,24,27). The highest BCUT2D eigenvalue weighted by atomic mass is 35.5. The van der Waals surface area contributed by atoms with Gasteiger partial charge in [0.05, 0.1) is 12.8 Å². The molecule has 1 aliphatic rings. The molecule has 0 amide bonds. The van der Waals surface area contributed by atoms with Gasteiger partial charge in [-0.1, -0.05) is 17.7 Å². The average Bonchev–Trinajstić information content (AvgIpc) is 2.69. The van der Waals surface area contributed by atoms with E-state index in [1.165, 1.54) is 16.8 Å². The summed E-state index contributed by atoms with van der Waals surface area (Å²) in [7, 11) is 1.65. The molecule has 3 heterocycles. The Morgan fingerprint density at radius 1 is 1.22 bits per heavy atom. The highest BCUT2D eigenvalue weighted by molar-refractivity contribution is 7.71. The number of H-pyrrole nitrogens is 1. The number of aromatic amines is 1. The van der Waals surface area contributed by atoms with Gasteiger partial charge in [0, 0.05) is 60.3 Å². The number of halogens is 1. The number of methoxy groups -OCH3 is 1. The van der Waals surface area contributed by atoms with Crippen LogP contribution in [-0.4, -0.2) is 33.5 Å². The second-order valence-corrected chi connectivity index (χ2v) is 7.37. The monoisotopic (exact) mass is 398 g/mol. The maximum Gasteiger partial charge on any atom is 0.196 e. The number of rotatable bonds is 4. The van der Waals surface area contributed by atoms with Gasteiger partial charge in [-0.25, -0.2) is 4.98 Å². The summed E-state index contributed by atoms with van der Waals surface area (Å²) in [6.07, 6.45) is 4.75. The van der Waals surface area contributed by atoms with Crippen molar-refractivity contribution in [2.24, 2.45) is 0 Å². The van der Waals surface area contributed by atoms with Gasteiger partial charge in [0.25, 0.3) is 0 Å². The molecule has 1 N–H and O–H groups in total. The first-order valence-corrected chi connectivity index (χ1v) is 9.49. The van der Waals surface area contributed by atoms with Crippen molar-refractivity contribution in [2.45, 2.75) is 19.5 Å². The Morgan fingerprint density at radius 3 is 2.89 bits per heavy atom. The maximum atomic E-state index is 6.13. The normalized spacial score (nSPS) is 14.0. The molecule has 7 heteroatoms. The molecule has 4 rings (SSSR count). The van der Waals surface area contributed by atoms with Gasteiger partial charge >= 0.3 is 0 Å². The van der Waals surface area contributed by atoms with E-state index in [1.54, 1.807) is 7.11 Å². The average molecular weight is 399 g/mol. The van der Waals surface area contributed by atoms with Crippen LogP contribution in [0.3, 0.4) is 0 Å². The molecule has 3 aromatic rings. The lowest BCUT2D eigenvalue weighted by atomic mass is 10.1.